The molecule has 1 amide bonds. The zero-order valence-corrected chi connectivity index (χ0v) is 15.2. The molecule has 6 nitrogen and oxygen atoms in total. The van der Waals surface area contributed by atoms with Gasteiger partial charge in [0, 0.05) is 36.9 Å². The van der Waals surface area contributed by atoms with E-state index in [-0.39, 0.29) is 17.2 Å². The minimum Gasteiger partial charge on any atom is -0.352 e. The fraction of sp³-hybridized carbons (Fsp3) is 0.350. The summed E-state index contributed by atoms with van der Waals surface area (Å²) in [7, 11) is 0. The van der Waals surface area contributed by atoms with Crippen molar-refractivity contribution in [2.24, 2.45) is 5.92 Å². The van der Waals surface area contributed by atoms with Gasteiger partial charge in [-0.25, -0.2) is 8.78 Å². The molecule has 8 heteroatoms. The first-order chi connectivity index (χ1) is 13.4. The van der Waals surface area contributed by atoms with Crippen molar-refractivity contribution in [2.45, 2.75) is 19.4 Å². The zero-order valence-electron chi connectivity index (χ0n) is 15.2. The summed E-state index contributed by atoms with van der Waals surface area (Å²) in [6.07, 6.45) is 1.71. The average Bonchev–Trinajstić information content (AvgIpc) is 2.66. The van der Waals surface area contributed by atoms with E-state index in [4.69, 9.17) is 0 Å². The maximum atomic E-state index is 13.3. The van der Waals surface area contributed by atoms with Crippen LogP contribution in [0.1, 0.15) is 28.8 Å². The number of rotatable bonds is 6. The quantitative estimate of drug-likeness (QED) is 0.606. The number of non-ortho nitro benzene ring substituents is 1. The summed E-state index contributed by atoms with van der Waals surface area (Å²) >= 11 is 0. The Morgan fingerprint density at radius 1 is 1.14 bits per heavy atom. The van der Waals surface area contributed by atoms with Gasteiger partial charge < -0.3 is 5.32 Å². The smallest absolute Gasteiger partial charge is 0.270 e. The van der Waals surface area contributed by atoms with E-state index in [0.717, 1.165) is 32.0 Å². The number of carbonyl (C=O) groups excluding carboxylic acids is 1. The topological polar surface area (TPSA) is 75.5 Å². The minimum atomic E-state index is -0.575. The van der Waals surface area contributed by atoms with Gasteiger partial charge in [-0.2, -0.15) is 0 Å². The molecule has 1 N–H and O–H groups in total. The lowest BCUT2D eigenvalue weighted by atomic mass is 9.96. The molecule has 0 spiro atoms. The molecular weight excluding hydrogens is 368 g/mol. The Labute approximate surface area is 161 Å². The van der Waals surface area contributed by atoms with Gasteiger partial charge >= 0.3 is 0 Å². The number of benzene rings is 2. The van der Waals surface area contributed by atoms with E-state index in [0.29, 0.717) is 24.6 Å². The highest BCUT2D eigenvalue weighted by atomic mass is 19.1. The molecule has 0 atom stereocenters. The normalized spacial score (nSPS) is 15.4. The summed E-state index contributed by atoms with van der Waals surface area (Å²) in [5, 5.41) is 13.6. The van der Waals surface area contributed by atoms with E-state index in [2.05, 4.69) is 10.2 Å². The number of hydrogen-bond donors (Lipinski definition) is 1. The van der Waals surface area contributed by atoms with Crippen LogP contribution in [0.4, 0.5) is 14.5 Å². The van der Waals surface area contributed by atoms with Crippen molar-refractivity contribution < 1.29 is 18.5 Å². The molecule has 0 bridgehead atoms. The van der Waals surface area contributed by atoms with Gasteiger partial charge in [-0.15, -0.1) is 0 Å². The van der Waals surface area contributed by atoms with Crippen LogP contribution in [-0.4, -0.2) is 35.4 Å². The second-order valence-corrected chi connectivity index (χ2v) is 7.01. The van der Waals surface area contributed by atoms with Crippen molar-refractivity contribution in [3.63, 3.8) is 0 Å². The lowest BCUT2D eigenvalue weighted by Gasteiger charge is -2.32. The van der Waals surface area contributed by atoms with Gasteiger partial charge in [-0.1, -0.05) is 6.07 Å². The number of carbonyl (C=O) groups is 1. The SMILES string of the molecule is O=C(NCC1CCN(Cc2cc(F)cc(F)c2)CC1)c1cccc([N+](=O)[O-])c1. The molecule has 0 aromatic heterocycles. The van der Waals surface area contributed by atoms with Crippen LogP contribution in [0.3, 0.4) is 0 Å². The molecule has 1 fully saturated rings. The number of nitrogens with zero attached hydrogens (tertiary/aromatic N) is 2. The molecule has 148 valence electrons. The average molecular weight is 389 g/mol. The Morgan fingerprint density at radius 2 is 1.82 bits per heavy atom. The van der Waals surface area contributed by atoms with Crippen molar-refractivity contribution in [2.75, 3.05) is 19.6 Å². The number of nitro benzene ring substituents is 1. The van der Waals surface area contributed by atoms with Gasteiger partial charge in [0.1, 0.15) is 11.6 Å². The zero-order chi connectivity index (χ0) is 20.1. The Bertz CT molecular complexity index is 847. The number of nitro groups is 1. The number of piperidine rings is 1. The molecule has 0 aliphatic carbocycles. The van der Waals surface area contributed by atoms with E-state index in [1.165, 1.54) is 30.3 Å². The summed E-state index contributed by atoms with van der Waals surface area (Å²) in [6, 6.07) is 9.18. The van der Waals surface area contributed by atoms with Crippen LogP contribution in [0.2, 0.25) is 0 Å². The molecule has 1 heterocycles. The monoisotopic (exact) mass is 389 g/mol. The maximum Gasteiger partial charge on any atom is 0.270 e. The molecule has 0 saturated carbocycles. The van der Waals surface area contributed by atoms with Gasteiger partial charge in [0.25, 0.3) is 11.6 Å². The number of halogens is 2. The van der Waals surface area contributed by atoms with Crippen LogP contribution in [0.15, 0.2) is 42.5 Å². The predicted octanol–water partition coefficient (Wildman–Crippen LogP) is 3.52. The van der Waals surface area contributed by atoms with Crippen LogP contribution < -0.4 is 5.32 Å². The molecular formula is C20H21F2N3O3. The highest BCUT2D eigenvalue weighted by Gasteiger charge is 2.21. The van der Waals surface area contributed by atoms with Crippen LogP contribution in [0, 0.1) is 27.7 Å². The van der Waals surface area contributed by atoms with E-state index in [1.807, 2.05) is 0 Å². The standard InChI is InChI=1S/C20H21F2N3O3/c21-17-8-15(9-18(22)11-17)13-24-6-4-14(5-7-24)12-23-20(26)16-2-1-3-19(10-16)25(27)28/h1-3,8-11,14H,4-7,12-13H2,(H,23,26). The fourth-order valence-corrected chi connectivity index (χ4v) is 3.41. The van der Waals surface area contributed by atoms with Gasteiger partial charge in [0.15, 0.2) is 0 Å². The third kappa shape index (κ3) is 5.32. The molecule has 1 aliphatic heterocycles. The second kappa shape index (κ2) is 8.88. The van der Waals surface area contributed by atoms with Crippen molar-refractivity contribution in [1.82, 2.24) is 10.2 Å². The molecule has 1 saturated heterocycles. The Balaban J connectivity index is 1.46. The van der Waals surface area contributed by atoms with Crippen LogP contribution in [0.5, 0.6) is 0 Å². The summed E-state index contributed by atoms with van der Waals surface area (Å²) in [5.41, 5.74) is 0.754. The number of amides is 1. The van der Waals surface area contributed by atoms with Crippen molar-refractivity contribution in [3.8, 4) is 0 Å². The Kier molecular flexibility index (Phi) is 6.30. The first kappa shape index (κ1) is 19.9. The molecule has 28 heavy (non-hydrogen) atoms. The van der Waals surface area contributed by atoms with Gasteiger partial charge in [0.05, 0.1) is 4.92 Å². The summed E-state index contributed by atoms with van der Waals surface area (Å²) in [4.78, 5) is 24.6. The van der Waals surface area contributed by atoms with Crippen molar-refractivity contribution >= 4 is 11.6 Å². The van der Waals surface area contributed by atoms with E-state index in [9.17, 15) is 23.7 Å². The first-order valence-corrected chi connectivity index (χ1v) is 9.10. The fourth-order valence-electron chi connectivity index (χ4n) is 3.41. The highest BCUT2D eigenvalue weighted by molar-refractivity contribution is 5.94. The highest BCUT2D eigenvalue weighted by Crippen LogP contribution is 2.20. The molecule has 1 aliphatic rings. The second-order valence-electron chi connectivity index (χ2n) is 7.01. The molecule has 0 unspecified atom stereocenters. The molecule has 0 radical (unpaired) electrons. The van der Waals surface area contributed by atoms with E-state index < -0.39 is 16.6 Å². The van der Waals surface area contributed by atoms with Crippen molar-refractivity contribution in [3.05, 3.63) is 75.3 Å². The summed E-state index contributed by atoms with van der Waals surface area (Å²) < 4.78 is 26.6. The minimum absolute atomic E-state index is 0.116. The largest absolute Gasteiger partial charge is 0.352 e. The van der Waals surface area contributed by atoms with Crippen molar-refractivity contribution in [1.29, 1.82) is 0 Å². The Morgan fingerprint density at radius 3 is 2.46 bits per heavy atom. The van der Waals surface area contributed by atoms with Gasteiger partial charge in [-0.05, 0) is 55.6 Å². The molecule has 3 rings (SSSR count). The number of hydrogen-bond acceptors (Lipinski definition) is 4. The van der Waals surface area contributed by atoms with E-state index >= 15 is 0 Å². The van der Waals surface area contributed by atoms with Gasteiger partial charge in [-0.3, -0.25) is 19.8 Å². The third-order valence-electron chi connectivity index (χ3n) is 4.91. The first-order valence-electron chi connectivity index (χ1n) is 9.10. The van der Waals surface area contributed by atoms with Crippen LogP contribution >= 0.6 is 0 Å². The lowest BCUT2D eigenvalue weighted by molar-refractivity contribution is -0.384. The summed E-state index contributed by atoms with van der Waals surface area (Å²) in [6.45, 7) is 2.52. The maximum absolute atomic E-state index is 13.3. The number of likely N-dealkylation sites (tertiary alicyclic amines) is 1. The lowest BCUT2D eigenvalue weighted by Crippen LogP contribution is -2.38. The third-order valence-corrected chi connectivity index (χ3v) is 4.91. The molecule has 2 aromatic rings. The summed E-state index contributed by atoms with van der Waals surface area (Å²) in [5.74, 6) is -1.19. The molecule has 2 aromatic carbocycles. The number of nitrogens with one attached hydrogen (secondary N) is 1. The van der Waals surface area contributed by atoms with E-state index in [1.54, 1.807) is 6.07 Å². The van der Waals surface area contributed by atoms with Crippen LogP contribution in [-0.2, 0) is 6.54 Å². The Hall–Kier alpha value is -2.87. The van der Waals surface area contributed by atoms with Gasteiger partial charge in [0.2, 0.25) is 0 Å². The van der Waals surface area contributed by atoms with Crippen LogP contribution in [0.25, 0.3) is 0 Å². The predicted molar refractivity (Wildman–Crippen MR) is 99.8 cm³/mol.